The van der Waals surface area contributed by atoms with Gasteiger partial charge in [-0.3, -0.25) is 0 Å². The third-order valence-corrected chi connectivity index (χ3v) is 2.98. The standard InChI is InChI=1S/C14H11ClF2O2/c1-19-13-6-8(15)2-4-11(13)14(18)10-5-3-9(16)7-12(10)17/h2-7,14,18H,1H3. The fourth-order valence-corrected chi connectivity index (χ4v) is 1.96. The highest BCUT2D eigenvalue weighted by Gasteiger charge is 2.19. The van der Waals surface area contributed by atoms with Crippen LogP contribution in [-0.4, -0.2) is 12.2 Å². The second-order valence-electron chi connectivity index (χ2n) is 3.95. The molecule has 0 heterocycles. The lowest BCUT2D eigenvalue weighted by molar-refractivity contribution is 0.209. The minimum Gasteiger partial charge on any atom is -0.496 e. The second kappa shape index (κ2) is 5.55. The maximum atomic E-state index is 13.6. The lowest BCUT2D eigenvalue weighted by Gasteiger charge is -2.16. The topological polar surface area (TPSA) is 29.5 Å². The first-order valence-corrected chi connectivity index (χ1v) is 5.87. The molecule has 0 aliphatic rings. The van der Waals surface area contributed by atoms with Crippen LogP contribution in [0, 0.1) is 11.6 Å². The van der Waals surface area contributed by atoms with Gasteiger partial charge in [0.05, 0.1) is 7.11 Å². The highest BCUT2D eigenvalue weighted by atomic mass is 35.5. The van der Waals surface area contributed by atoms with E-state index >= 15 is 0 Å². The summed E-state index contributed by atoms with van der Waals surface area (Å²) in [5.74, 6) is -1.18. The van der Waals surface area contributed by atoms with Crippen LogP contribution in [0.1, 0.15) is 17.2 Å². The molecule has 1 unspecified atom stereocenters. The summed E-state index contributed by atoms with van der Waals surface area (Å²) in [7, 11) is 1.42. The van der Waals surface area contributed by atoms with Crippen molar-refractivity contribution in [2.75, 3.05) is 7.11 Å². The highest BCUT2D eigenvalue weighted by molar-refractivity contribution is 6.30. The SMILES string of the molecule is COc1cc(Cl)ccc1C(O)c1ccc(F)cc1F. The summed E-state index contributed by atoms with van der Waals surface area (Å²) < 4.78 is 31.6. The predicted octanol–water partition coefficient (Wildman–Crippen LogP) is 3.71. The van der Waals surface area contributed by atoms with Crippen molar-refractivity contribution in [2.24, 2.45) is 0 Å². The average Bonchev–Trinajstić information content (AvgIpc) is 2.37. The van der Waals surface area contributed by atoms with Gasteiger partial charge >= 0.3 is 0 Å². The van der Waals surface area contributed by atoms with Gasteiger partial charge in [-0.15, -0.1) is 0 Å². The predicted molar refractivity (Wildman–Crippen MR) is 68.4 cm³/mol. The summed E-state index contributed by atoms with van der Waals surface area (Å²) in [6.45, 7) is 0. The molecule has 2 aromatic rings. The molecular weight excluding hydrogens is 274 g/mol. The van der Waals surface area contributed by atoms with Crippen LogP contribution in [0.3, 0.4) is 0 Å². The number of hydrogen-bond acceptors (Lipinski definition) is 2. The van der Waals surface area contributed by atoms with E-state index in [9.17, 15) is 13.9 Å². The van der Waals surface area contributed by atoms with Crippen molar-refractivity contribution in [3.63, 3.8) is 0 Å². The molecule has 0 spiro atoms. The van der Waals surface area contributed by atoms with E-state index in [1.807, 2.05) is 0 Å². The second-order valence-corrected chi connectivity index (χ2v) is 4.39. The van der Waals surface area contributed by atoms with Gasteiger partial charge in [0.1, 0.15) is 23.5 Å². The molecular formula is C14H11ClF2O2. The molecule has 2 rings (SSSR count). The van der Waals surface area contributed by atoms with E-state index in [0.717, 1.165) is 12.1 Å². The zero-order valence-electron chi connectivity index (χ0n) is 10.0. The fourth-order valence-electron chi connectivity index (χ4n) is 1.80. The lowest BCUT2D eigenvalue weighted by atomic mass is 10.00. The van der Waals surface area contributed by atoms with Crippen molar-refractivity contribution in [2.45, 2.75) is 6.10 Å². The summed E-state index contributed by atoms with van der Waals surface area (Å²) in [6.07, 6.45) is -1.26. The van der Waals surface area contributed by atoms with Gasteiger partial charge in [0.15, 0.2) is 0 Å². The monoisotopic (exact) mass is 284 g/mol. The molecule has 1 atom stereocenters. The van der Waals surface area contributed by atoms with Gasteiger partial charge in [-0.05, 0) is 18.2 Å². The third kappa shape index (κ3) is 2.85. The third-order valence-electron chi connectivity index (χ3n) is 2.75. The summed E-state index contributed by atoms with van der Waals surface area (Å²) in [6, 6.07) is 7.62. The summed E-state index contributed by atoms with van der Waals surface area (Å²) >= 11 is 5.81. The first-order chi connectivity index (χ1) is 9.02. The van der Waals surface area contributed by atoms with Gasteiger partial charge in [-0.1, -0.05) is 23.7 Å². The highest BCUT2D eigenvalue weighted by Crippen LogP contribution is 2.33. The first kappa shape index (κ1) is 13.8. The Morgan fingerprint density at radius 1 is 1.11 bits per heavy atom. The number of halogens is 3. The van der Waals surface area contributed by atoms with Gasteiger partial charge in [0, 0.05) is 22.2 Å². The average molecular weight is 285 g/mol. The molecule has 0 radical (unpaired) electrons. The maximum absolute atomic E-state index is 13.6. The molecule has 0 amide bonds. The largest absolute Gasteiger partial charge is 0.496 e. The number of aliphatic hydroxyl groups is 1. The first-order valence-electron chi connectivity index (χ1n) is 5.49. The van der Waals surface area contributed by atoms with E-state index in [1.165, 1.54) is 25.3 Å². The number of rotatable bonds is 3. The van der Waals surface area contributed by atoms with Crippen LogP contribution in [0.2, 0.25) is 5.02 Å². The van der Waals surface area contributed by atoms with E-state index in [-0.39, 0.29) is 5.56 Å². The normalized spacial score (nSPS) is 12.3. The van der Waals surface area contributed by atoms with E-state index in [1.54, 1.807) is 6.07 Å². The van der Waals surface area contributed by atoms with Crippen molar-refractivity contribution >= 4 is 11.6 Å². The maximum Gasteiger partial charge on any atom is 0.132 e. The van der Waals surface area contributed by atoms with Gasteiger partial charge in [0.2, 0.25) is 0 Å². The van der Waals surface area contributed by atoms with Crippen molar-refractivity contribution in [1.29, 1.82) is 0 Å². The molecule has 5 heteroatoms. The molecule has 19 heavy (non-hydrogen) atoms. The Hall–Kier alpha value is -1.65. The van der Waals surface area contributed by atoms with Crippen LogP contribution in [0.15, 0.2) is 36.4 Å². The fraction of sp³-hybridized carbons (Fsp3) is 0.143. The molecule has 0 saturated carbocycles. The molecule has 0 saturated heterocycles. The van der Waals surface area contributed by atoms with Crippen molar-refractivity contribution in [1.82, 2.24) is 0 Å². The number of aliphatic hydroxyl groups excluding tert-OH is 1. The number of benzene rings is 2. The minimum atomic E-state index is -1.26. The lowest BCUT2D eigenvalue weighted by Crippen LogP contribution is -2.05. The Balaban J connectivity index is 2.46. The number of ether oxygens (including phenoxy) is 1. The van der Waals surface area contributed by atoms with Crippen LogP contribution >= 0.6 is 11.6 Å². The van der Waals surface area contributed by atoms with E-state index in [4.69, 9.17) is 16.3 Å². The molecule has 0 aliphatic carbocycles. The number of hydrogen-bond donors (Lipinski definition) is 1. The Morgan fingerprint density at radius 2 is 1.79 bits per heavy atom. The molecule has 0 bridgehead atoms. The zero-order valence-corrected chi connectivity index (χ0v) is 10.8. The van der Waals surface area contributed by atoms with Gasteiger partial charge < -0.3 is 9.84 Å². The van der Waals surface area contributed by atoms with Gasteiger partial charge in [0.25, 0.3) is 0 Å². The molecule has 0 aromatic heterocycles. The van der Waals surface area contributed by atoms with Crippen LogP contribution in [0.4, 0.5) is 8.78 Å². The van der Waals surface area contributed by atoms with Gasteiger partial charge in [-0.25, -0.2) is 8.78 Å². The smallest absolute Gasteiger partial charge is 0.132 e. The quantitative estimate of drug-likeness (QED) is 0.931. The Morgan fingerprint density at radius 3 is 2.42 bits per heavy atom. The van der Waals surface area contributed by atoms with Gasteiger partial charge in [-0.2, -0.15) is 0 Å². The number of methoxy groups -OCH3 is 1. The summed E-state index contributed by atoms with van der Waals surface area (Å²) in [5, 5.41) is 10.6. The molecule has 2 aromatic carbocycles. The minimum absolute atomic E-state index is 0.0259. The molecule has 0 aliphatic heterocycles. The summed E-state index contributed by atoms with van der Waals surface area (Å²) in [5.41, 5.74) is 0.333. The Labute approximate surface area is 114 Å². The Bertz CT molecular complexity index is 602. The van der Waals surface area contributed by atoms with Crippen LogP contribution in [-0.2, 0) is 0 Å². The molecule has 0 fully saturated rings. The van der Waals surface area contributed by atoms with E-state index < -0.39 is 17.7 Å². The molecule has 1 N–H and O–H groups in total. The molecule has 2 nitrogen and oxygen atoms in total. The van der Waals surface area contributed by atoms with Crippen LogP contribution in [0.5, 0.6) is 5.75 Å². The Kier molecular flexibility index (Phi) is 4.02. The van der Waals surface area contributed by atoms with Crippen molar-refractivity contribution < 1.29 is 18.6 Å². The van der Waals surface area contributed by atoms with Crippen molar-refractivity contribution in [3.05, 3.63) is 64.2 Å². The zero-order chi connectivity index (χ0) is 14.0. The summed E-state index contributed by atoms with van der Waals surface area (Å²) in [4.78, 5) is 0. The molecule has 100 valence electrons. The van der Waals surface area contributed by atoms with E-state index in [2.05, 4.69) is 0 Å². The van der Waals surface area contributed by atoms with Crippen LogP contribution < -0.4 is 4.74 Å². The van der Waals surface area contributed by atoms with Crippen LogP contribution in [0.25, 0.3) is 0 Å². The van der Waals surface area contributed by atoms with Crippen molar-refractivity contribution in [3.8, 4) is 5.75 Å². The van der Waals surface area contributed by atoms with E-state index in [0.29, 0.717) is 16.3 Å².